The molecule has 0 aliphatic heterocycles. The number of carbonyl (C=O) groups is 1. The quantitative estimate of drug-likeness (QED) is 0.728. The summed E-state index contributed by atoms with van der Waals surface area (Å²) in [4.78, 5) is 15.8. The van der Waals surface area contributed by atoms with Crippen LogP contribution in [0.25, 0.3) is 0 Å². The average Bonchev–Trinajstić information content (AvgIpc) is 2.73. The molecule has 0 amide bonds. The molecule has 0 atom stereocenters. The molecular formula is C12H13N3O. The van der Waals surface area contributed by atoms with Gasteiger partial charge in [-0.2, -0.15) is 5.10 Å². The van der Waals surface area contributed by atoms with Gasteiger partial charge in [0.2, 0.25) is 0 Å². The molecule has 0 N–H and O–H groups in total. The van der Waals surface area contributed by atoms with Crippen LogP contribution in [0.5, 0.6) is 0 Å². The van der Waals surface area contributed by atoms with Crippen LogP contribution in [-0.4, -0.2) is 20.5 Å². The summed E-state index contributed by atoms with van der Waals surface area (Å²) in [5.74, 6) is 0.0711. The second kappa shape index (κ2) is 4.70. The van der Waals surface area contributed by atoms with E-state index in [1.807, 2.05) is 19.2 Å². The standard InChI is InChI=1S/C12H13N3O/c1-15-10(7-9-14-15)5-6-12(16)11-4-2-3-8-13-11/h2-4,7-9H,5-6H2,1H3. The molecule has 2 aromatic rings. The van der Waals surface area contributed by atoms with Gasteiger partial charge in [0.25, 0.3) is 0 Å². The topological polar surface area (TPSA) is 47.8 Å². The summed E-state index contributed by atoms with van der Waals surface area (Å²) in [7, 11) is 1.88. The Bertz CT molecular complexity index is 476. The molecule has 0 aromatic carbocycles. The number of aryl methyl sites for hydroxylation is 2. The minimum absolute atomic E-state index is 0.0711. The fraction of sp³-hybridized carbons (Fsp3) is 0.250. The number of nitrogens with zero attached hydrogens (tertiary/aromatic N) is 3. The maximum Gasteiger partial charge on any atom is 0.181 e. The number of rotatable bonds is 4. The molecule has 4 nitrogen and oxygen atoms in total. The summed E-state index contributed by atoms with van der Waals surface area (Å²) >= 11 is 0. The van der Waals surface area contributed by atoms with E-state index in [9.17, 15) is 4.79 Å². The maximum atomic E-state index is 11.8. The summed E-state index contributed by atoms with van der Waals surface area (Å²) in [6.45, 7) is 0. The molecule has 16 heavy (non-hydrogen) atoms. The lowest BCUT2D eigenvalue weighted by atomic mass is 10.1. The fourth-order valence-electron chi connectivity index (χ4n) is 1.54. The highest BCUT2D eigenvalue weighted by Crippen LogP contribution is 2.05. The lowest BCUT2D eigenvalue weighted by Crippen LogP contribution is -2.05. The van der Waals surface area contributed by atoms with Crippen LogP contribution < -0.4 is 0 Å². The van der Waals surface area contributed by atoms with Crippen molar-refractivity contribution < 1.29 is 4.79 Å². The van der Waals surface area contributed by atoms with E-state index >= 15 is 0 Å². The Morgan fingerprint density at radius 3 is 2.81 bits per heavy atom. The number of hydrogen-bond donors (Lipinski definition) is 0. The van der Waals surface area contributed by atoms with E-state index < -0.39 is 0 Å². The third kappa shape index (κ3) is 2.34. The molecule has 0 fully saturated rings. The summed E-state index contributed by atoms with van der Waals surface area (Å²) < 4.78 is 1.78. The zero-order chi connectivity index (χ0) is 11.4. The molecule has 2 rings (SSSR count). The van der Waals surface area contributed by atoms with Crippen molar-refractivity contribution >= 4 is 5.78 Å². The van der Waals surface area contributed by atoms with E-state index in [0.717, 1.165) is 5.69 Å². The molecule has 2 aromatic heterocycles. The van der Waals surface area contributed by atoms with Crippen LogP contribution in [-0.2, 0) is 13.5 Å². The third-order valence-electron chi connectivity index (χ3n) is 2.48. The highest BCUT2D eigenvalue weighted by Gasteiger charge is 2.08. The van der Waals surface area contributed by atoms with Crippen LogP contribution in [0.1, 0.15) is 22.6 Å². The van der Waals surface area contributed by atoms with Crippen LogP contribution >= 0.6 is 0 Å². The zero-order valence-corrected chi connectivity index (χ0v) is 9.13. The van der Waals surface area contributed by atoms with Crippen molar-refractivity contribution in [3.8, 4) is 0 Å². The summed E-state index contributed by atoms with van der Waals surface area (Å²) in [6, 6.07) is 7.29. The molecule has 0 saturated heterocycles. The van der Waals surface area contributed by atoms with Crippen LogP contribution in [0.15, 0.2) is 36.7 Å². The van der Waals surface area contributed by atoms with Crippen LogP contribution in [0, 0.1) is 0 Å². The van der Waals surface area contributed by atoms with Gasteiger partial charge in [0.1, 0.15) is 5.69 Å². The number of hydrogen-bond acceptors (Lipinski definition) is 3. The van der Waals surface area contributed by atoms with E-state index in [-0.39, 0.29) is 5.78 Å². The Balaban J connectivity index is 1.97. The van der Waals surface area contributed by atoms with Gasteiger partial charge in [0.05, 0.1) is 0 Å². The van der Waals surface area contributed by atoms with Gasteiger partial charge in [0, 0.05) is 31.6 Å². The fourth-order valence-corrected chi connectivity index (χ4v) is 1.54. The second-order valence-corrected chi connectivity index (χ2v) is 3.58. The average molecular weight is 215 g/mol. The molecule has 0 aliphatic rings. The predicted octanol–water partition coefficient (Wildman–Crippen LogP) is 1.63. The van der Waals surface area contributed by atoms with Crippen molar-refractivity contribution in [1.29, 1.82) is 0 Å². The van der Waals surface area contributed by atoms with E-state index in [1.54, 1.807) is 29.2 Å². The Kier molecular flexibility index (Phi) is 3.10. The molecule has 0 unspecified atom stereocenters. The van der Waals surface area contributed by atoms with Crippen molar-refractivity contribution in [3.63, 3.8) is 0 Å². The number of Topliss-reactive ketones (excluding diaryl/α,β-unsaturated/α-hetero) is 1. The molecule has 0 saturated carbocycles. The van der Waals surface area contributed by atoms with E-state index in [2.05, 4.69) is 10.1 Å². The minimum Gasteiger partial charge on any atom is -0.292 e. The number of ketones is 1. The summed E-state index contributed by atoms with van der Waals surface area (Å²) in [5.41, 5.74) is 1.59. The monoisotopic (exact) mass is 215 g/mol. The van der Waals surface area contributed by atoms with E-state index in [1.165, 1.54) is 0 Å². The normalized spacial score (nSPS) is 10.3. The van der Waals surface area contributed by atoms with Crippen LogP contribution in [0.4, 0.5) is 0 Å². The van der Waals surface area contributed by atoms with E-state index in [4.69, 9.17) is 0 Å². The van der Waals surface area contributed by atoms with Crippen LogP contribution in [0.2, 0.25) is 0 Å². The lowest BCUT2D eigenvalue weighted by Gasteiger charge is -2.01. The highest BCUT2D eigenvalue weighted by molar-refractivity contribution is 5.94. The second-order valence-electron chi connectivity index (χ2n) is 3.58. The summed E-state index contributed by atoms with van der Waals surface area (Å²) in [6.07, 6.45) is 4.54. The predicted molar refractivity (Wildman–Crippen MR) is 60.1 cm³/mol. The van der Waals surface area contributed by atoms with Gasteiger partial charge >= 0.3 is 0 Å². The molecule has 4 heteroatoms. The van der Waals surface area contributed by atoms with Gasteiger partial charge in [-0.3, -0.25) is 14.5 Å². The van der Waals surface area contributed by atoms with E-state index in [0.29, 0.717) is 18.5 Å². The largest absolute Gasteiger partial charge is 0.292 e. The first-order chi connectivity index (χ1) is 7.77. The molecule has 0 spiro atoms. The first-order valence-electron chi connectivity index (χ1n) is 5.18. The first kappa shape index (κ1) is 10.5. The lowest BCUT2D eigenvalue weighted by molar-refractivity contribution is 0.0977. The Morgan fingerprint density at radius 1 is 1.31 bits per heavy atom. The van der Waals surface area contributed by atoms with Gasteiger partial charge in [-0.15, -0.1) is 0 Å². The van der Waals surface area contributed by atoms with Crippen molar-refractivity contribution in [2.45, 2.75) is 12.8 Å². The van der Waals surface area contributed by atoms with Gasteiger partial charge in [-0.1, -0.05) is 6.07 Å². The van der Waals surface area contributed by atoms with Gasteiger partial charge in [-0.05, 0) is 24.6 Å². The maximum absolute atomic E-state index is 11.8. The molecule has 2 heterocycles. The van der Waals surface area contributed by atoms with Crippen molar-refractivity contribution in [3.05, 3.63) is 48.0 Å². The van der Waals surface area contributed by atoms with Crippen molar-refractivity contribution in [2.75, 3.05) is 0 Å². The van der Waals surface area contributed by atoms with Gasteiger partial charge < -0.3 is 0 Å². The number of carbonyl (C=O) groups excluding carboxylic acids is 1. The number of aromatic nitrogens is 3. The molecule has 0 bridgehead atoms. The third-order valence-corrected chi connectivity index (χ3v) is 2.48. The Labute approximate surface area is 93.9 Å². The van der Waals surface area contributed by atoms with Crippen molar-refractivity contribution in [1.82, 2.24) is 14.8 Å². The zero-order valence-electron chi connectivity index (χ0n) is 9.13. The SMILES string of the molecule is Cn1nccc1CCC(=O)c1ccccn1. The number of pyridine rings is 1. The smallest absolute Gasteiger partial charge is 0.181 e. The molecular weight excluding hydrogens is 202 g/mol. The summed E-state index contributed by atoms with van der Waals surface area (Å²) in [5, 5.41) is 4.06. The molecule has 0 radical (unpaired) electrons. The van der Waals surface area contributed by atoms with Gasteiger partial charge in [-0.25, -0.2) is 0 Å². The molecule has 82 valence electrons. The Hall–Kier alpha value is -1.97. The minimum atomic E-state index is 0.0711. The van der Waals surface area contributed by atoms with Crippen LogP contribution in [0.3, 0.4) is 0 Å². The first-order valence-corrected chi connectivity index (χ1v) is 5.18. The van der Waals surface area contributed by atoms with Gasteiger partial charge in [0.15, 0.2) is 5.78 Å². The molecule has 0 aliphatic carbocycles. The van der Waals surface area contributed by atoms with Crippen molar-refractivity contribution in [2.24, 2.45) is 7.05 Å². The Morgan fingerprint density at radius 2 is 2.19 bits per heavy atom. The highest BCUT2D eigenvalue weighted by atomic mass is 16.1.